The van der Waals surface area contributed by atoms with E-state index in [2.05, 4.69) is 37.6 Å². The normalized spacial score (nSPS) is 37.3. The first-order valence-corrected chi connectivity index (χ1v) is 6.66. The summed E-state index contributed by atoms with van der Waals surface area (Å²) >= 11 is 0. The van der Waals surface area contributed by atoms with Gasteiger partial charge >= 0.3 is 0 Å². The Morgan fingerprint density at radius 2 is 1.69 bits per heavy atom. The minimum atomic E-state index is 0.254. The number of hydrogen-bond donors (Lipinski definition) is 1. The molecule has 0 bridgehead atoms. The first-order valence-electron chi connectivity index (χ1n) is 6.66. The van der Waals surface area contributed by atoms with Crippen LogP contribution in [0.25, 0.3) is 0 Å². The zero-order valence-electron chi connectivity index (χ0n) is 11.2. The van der Waals surface area contributed by atoms with Crippen LogP contribution >= 0.6 is 0 Å². The third-order valence-corrected chi connectivity index (χ3v) is 4.95. The molecule has 3 atom stereocenters. The molecule has 1 heterocycles. The Labute approximate surface area is 100.0 Å². The minimum Gasteiger partial charge on any atom is -0.329 e. The van der Waals surface area contributed by atoms with Crippen LogP contribution in [0.1, 0.15) is 33.6 Å². The summed E-state index contributed by atoms with van der Waals surface area (Å²) in [6.45, 7) is 10.2. The molecule has 0 spiro atoms. The van der Waals surface area contributed by atoms with Crippen LogP contribution in [0.4, 0.5) is 0 Å². The second-order valence-corrected chi connectivity index (χ2v) is 6.10. The molecule has 1 aliphatic heterocycles. The van der Waals surface area contributed by atoms with Gasteiger partial charge in [0, 0.05) is 37.3 Å². The number of likely N-dealkylation sites (N-methyl/N-ethyl adjacent to an activating group) is 1. The summed E-state index contributed by atoms with van der Waals surface area (Å²) in [5.74, 6) is 0.848. The monoisotopic (exact) mass is 225 g/mol. The van der Waals surface area contributed by atoms with E-state index in [1.807, 2.05) is 0 Å². The highest BCUT2D eigenvalue weighted by Gasteiger charge is 2.46. The Morgan fingerprint density at radius 3 is 2.06 bits per heavy atom. The van der Waals surface area contributed by atoms with Crippen molar-refractivity contribution in [1.29, 1.82) is 0 Å². The molecule has 16 heavy (non-hydrogen) atoms. The Bertz CT molecular complexity index is 240. The second kappa shape index (κ2) is 4.28. The fourth-order valence-electron chi connectivity index (χ4n) is 3.08. The summed E-state index contributed by atoms with van der Waals surface area (Å²) in [6.07, 6.45) is 2.76. The molecule has 2 N–H and O–H groups in total. The lowest BCUT2D eigenvalue weighted by Gasteiger charge is -2.50. The SMILES string of the molecule is CC1CN(C(C)(CN)C2CC2)CC(C)N1C. The topological polar surface area (TPSA) is 32.5 Å². The molecule has 2 rings (SSSR count). The van der Waals surface area contributed by atoms with Gasteiger partial charge in [0.1, 0.15) is 0 Å². The number of piperazine rings is 1. The van der Waals surface area contributed by atoms with Gasteiger partial charge in [0.15, 0.2) is 0 Å². The van der Waals surface area contributed by atoms with Gasteiger partial charge in [-0.25, -0.2) is 0 Å². The van der Waals surface area contributed by atoms with Gasteiger partial charge in [-0.3, -0.25) is 9.80 Å². The predicted molar refractivity (Wildman–Crippen MR) is 68.4 cm³/mol. The van der Waals surface area contributed by atoms with E-state index in [0.29, 0.717) is 12.1 Å². The number of nitrogens with zero attached hydrogens (tertiary/aromatic N) is 2. The molecule has 1 aliphatic carbocycles. The van der Waals surface area contributed by atoms with Crippen molar-refractivity contribution >= 4 is 0 Å². The molecule has 3 nitrogen and oxygen atoms in total. The Morgan fingerprint density at radius 1 is 1.19 bits per heavy atom. The molecule has 1 saturated carbocycles. The third kappa shape index (κ3) is 2.01. The van der Waals surface area contributed by atoms with Gasteiger partial charge in [-0.05, 0) is 46.6 Å². The van der Waals surface area contributed by atoms with E-state index in [1.54, 1.807) is 0 Å². The molecule has 2 aliphatic rings. The van der Waals surface area contributed by atoms with Crippen LogP contribution in [0, 0.1) is 5.92 Å². The van der Waals surface area contributed by atoms with Crippen LogP contribution < -0.4 is 5.73 Å². The van der Waals surface area contributed by atoms with Crippen LogP contribution in [0.5, 0.6) is 0 Å². The van der Waals surface area contributed by atoms with Crippen LogP contribution in [-0.4, -0.2) is 54.1 Å². The van der Waals surface area contributed by atoms with Crippen molar-refractivity contribution in [2.75, 3.05) is 26.7 Å². The summed E-state index contributed by atoms with van der Waals surface area (Å²) in [4.78, 5) is 5.14. The maximum Gasteiger partial charge on any atom is 0.0333 e. The third-order valence-electron chi connectivity index (χ3n) is 4.95. The summed E-state index contributed by atoms with van der Waals surface area (Å²) in [7, 11) is 2.24. The van der Waals surface area contributed by atoms with Gasteiger partial charge in [-0.15, -0.1) is 0 Å². The standard InChI is InChI=1S/C13H27N3/c1-10-7-16(8-11(2)15(10)4)13(3,9-14)12-5-6-12/h10-12H,5-9,14H2,1-4H3. The quantitative estimate of drug-likeness (QED) is 0.782. The smallest absolute Gasteiger partial charge is 0.0333 e. The molecule has 0 aromatic rings. The highest BCUT2D eigenvalue weighted by Crippen LogP contribution is 2.43. The molecule has 0 amide bonds. The number of rotatable bonds is 3. The van der Waals surface area contributed by atoms with E-state index in [9.17, 15) is 0 Å². The molecule has 94 valence electrons. The highest BCUT2D eigenvalue weighted by molar-refractivity contribution is 5.03. The van der Waals surface area contributed by atoms with Crippen molar-refractivity contribution in [3.63, 3.8) is 0 Å². The lowest BCUT2D eigenvalue weighted by Crippen LogP contribution is -2.64. The predicted octanol–water partition coefficient (Wildman–Crippen LogP) is 1.14. The van der Waals surface area contributed by atoms with Gasteiger partial charge in [-0.1, -0.05) is 0 Å². The molecule has 2 fully saturated rings. The van der Waals surface area contributed by atoms with E-state index in [0.717, 1.165) is 12.5 Å². The van der Waals surface area contributed by atoms with E-state index in [4.69, 9.17) is 5.73 Å². The van der Waals surface area contributed by atoms with Crippen LogP contribution in [0.3, 0.4) is 0 Å². The first-order chi connectivity index (χ1) is 7.49. The fourth-order valence-corrected chi connectivity index (χ4v) is 3.08. The van der Waals surface area contributed by atoms with Crippen LogP contribution in [0.2, 0.25) is 0 Å². The summed E-state index contributed by atoms with van der Waals surface area (Å²) in [5.41, 5.74) is 6.30. The van der Waals surface area contributed by atoms with Gasteiger partial charge in [0.25, 0.3) is 0 Å². The van der Waals surface area contributed by atoms with E-state index in [-0.39, 0.29) is 5.54 Å². The molecular weight excluding hydrogens is 198 g/mol. The highest BCUT2D eigenvalue weighted by atomic mass is 15.3. The Hall–Kier alpha value is -0.120. The summed E-state index contributed by atoms with van der Waals surface area (Å²) in [5, 5.41) is 0. The number of nitrogens with two attached hydrogens (primary N) is 1. The lowest BCUT2D eigenvalue weighted by molar-refractivity contribution is -0.0117. The molecule has 3 heteroatoms. The minimum absolute atomic E-state index is 0.254. The molecule has 1 saturated heterocycles. The molecule has 3 unspecified atom stereocenters. The summed E-state index contributed by atoms with van der Waals surface area (Å²) in [6, 6.07) is 1.29. The summed E-state index contributed by atoms with van der Waals surface area (Å²) < 4.78 is 0. The number of hydrogen-bond acceptors (Lipinski definition) is 3. The lowest BCUT2D eigenvalue weighted by atomic mass is 9.90. The Balaban J connectivity index is 2.08. The van der Waals surface area contributed by atoms with Crippen molar-refractivity contribution < 1.29 is 0 Å². The van der Waals surface area contributed by atoms with Gasteiger partial charge < -0.3 is 5.73 Å². The molecular formula is C13H27N3. The van der Waals surface area contributed by atoms with Gasteiger partial charge in [0.2, 0.25) is 0 Å². The van der Waals surface area contributed by atoms with Crippen LogP contribution in [0.15, 0.2) is 0 Å². The average Bonchev–Trinajstić information content (AvgIpc) is 3.08. The van der Waals surface area contributed by atoms with Crippen molar-refractivity contribution in [2.24, 2.45) is 11.7 Å². The van der Waals surface area contributed by atoms with E-state index in [1.165, 1.54) is 25.9 Å². The first kappa shape index (κ1) is 12.3. The average molecular weight is 225 g/mol. The van der Waals surface area contributed by atoms with Crippen molar-refractivity contribution in [1.82, 2.24) is 9.80 Å². The fraction of sp³-hybridized carbons (Fsp3) is 1.00. The molecule has 0 aromatic heterocycles. The van der Waals surface area contributed by atoms with Crippen molar-refractivity contribution in [3.05, 3.63) is 0 Å². The van der Waals surface area contributed by atoms with Gasteiger partial charge in [-0.2, -0.15) is 0 Å². The maximum atomic E-state index is 6.05. The maximum absolute atomic E-state index is 6.05. The van der Waals surface area contributed by atoms with Crippen LogP contribution in [-0.2, 0) is 0 Å². The van der Waals surface area contributed by atoms with E-state index < -0.39 is 0 Å². The van der Waals surface area contributed by atoms with E-state index >= 15 is 0 Å². The van der Waals surface area contributed by atoms with Gasteiger partial charge in [0.05, 0.1) is 0 Å². The zero-order valence-corrected chi connectivity index (χ0v) is 11.2. The zero-order chi connectivity index (χ0) is 11.9. The second-order valence-electron chi connectivity index (χ2n) is 6.10. The Kier molecular flexibility index (Phi) is 3.30. The van der Waals surface area contributed by atoms with Crippen molar-refractivity contribution in [2.45, 2.75) is 51.2 Å². The molecule has 0 radical (unpaired) electrons. The largest absolute Gasteiger partial charge is 0.329 e. The molecule has 0 aromatic carbocycles. The van der Waals surface area contributed by atoms with Crippen molar-refractivity contribution in [3.8, 4) is 0 Å².